The van der Waals surface area contributed by atoms with Crippen LogP contribution < -0.4 is 0 Å². The highest BCUT2D eigenvalue weighted by Gasteiger charge is 2.13. The van der Waals surface area contributed by atoms with Gasteiger partial charge in [-0.3, -0.25) is 0 Å². The number of benzene rings is 2. The molecular formula is C15H13BrClFOS. The SMILES string of the molecule is OC(CSc1ccc(Br)cc1)Cc1c(F)cccc1Cl. The van der Waals surface area contributed by atoms with E-state index in [9.17, 15) is 9.50 Å². The predicted octanol–water partition coefficient (Wildman–Crippen LogP) is 4.94. The van der Waals surface area contributed by atoms with Crippen LogP contribution in [0.1, 0.15) is 5.56 Å². The molecule has 5 heteroatoms. The fourth-order valence-electron chi connectivity index (χ4n) is 1.75. The summed E-state index contributed by atoms with van der Waals surface area (Å²) in [6.45, 7) is 0. The van der Waals surface area contributed by atoms with Crippen molar-refractivity contribution in [2.75, 3.05) is 5.75 Å². The van der Waals surface area contributed by atoms with Crippen molar-refractivity contribution in [3.8, 4) is 0 Å². The molecule has 0 bridgehead atoms. The predicted molar refractivity (Wildman–Crippen MR) is 86.0 cm³/mol. The molecule has 20 heavy (non-hydrogen) atoms. The lowest BCUT2D eigenvalue weighted by molar-refractivity contribution is 0.199. The van der Waals surface area contributed by atoms with Crippen molar-refractivity contribution in [2.24, 2.45) is 0 Å². The van der Waals surface area contributed by atoms with Gasteiger partial charge in [0.1, 0.15) is 5.82 Å². The fourth-order valence-corrected chi connectivity index (χ4v) is 3.08. The quantitative estimate of drug-likeness (QED) is 0.747. The van der Waals surface area contributed by atoms with Crippen molar-refractivity contribution >= 4 is 39.3 Å². The lowest BCUT2D eigenvalue weighted by Gasteiger charge is -2.12. The zero-order chi connectivity index (χ0) is 14.5. The largest absolute Gasteiger partial charge is 0.392 e. The number of hydrogen-bond donors (Lipinski definition) is 1. The Kier molecular flexibility index (Phi) is 5.90. The summed E-state index contributed by atoms with van der Waals surface area (Å²) in [4.78, 5) is 1.06. The van der Waals surface area contributed by atoms with Gasteiger partial charge in [-0.15, -0.1) is 11.8 Å². The van der Waals surface area contributed by atoms with Crippen LogP contribution in [-0.4, -0.2) is 17.0 Å². The highest BCUT2D eigenvalue weighted by Crippen LogP contribution is 2.24. The van der Waals surface area contributed by atoms with Gasteiger partial charge in [-0.05, 0) is 36.4 Å². The third-order valence-electron chi connectivity index (χ3n) is 2.76. The molecule has 2 aromatic rings. The molecule has 0 radical (unpaired) electrons. The first kappa shape index (κ1) is 15.8. The maximum absolute atomic E-state index is 13.6. The lowest BCUT2D eigenvalue weighted by atomic mass is 10.1. The minimum Gasteiger partial charge on any atom is -0.392 e. The van der Waals surface area contributed by atoms with Gasteiger partial charge in [0.05, 0.1) is 6.10 Å². The van der Waals surface area contributed by atoms with Gasteiger partial charge in [0, 0.05) is 32.1 Å². The molecule has 0 spiro atoms. The van der Waals surface area contributed by atoms with Gasteiger partial charge in [0.25, 0.3) is 0 Å². The minimum absolute atomic E-state index is 0.217. The van der Waals surface area contributed by atoms with Crippen molar-refractivity contribution in [2.45, 2.75) is 17.4 Å². The normalized spacial score (nSPS) is 12.4. The Balaban J connectivity index is 1.92. The standard InChI is InChI=1S/C15H13BrClFOS/c16-10-4-6-12(7-5-10)20-9-11(19)8-13-14(17)2-1-3-15(13)18/h1-7,11,19H,8-9H2. The van der Waals surface area contributed by atoms with Gasteiger partial charge in [-0.2, -0.15) is 0 Å². The van der Waals surface area contributed by atoms with Crippen LogP contribution in [0.5, 0.6) is 0 Å². The van der Waals surface area contributed by atoms with Crippen LogP contribution in [0.3, 0.4) is 0 Å². The molecule has 2 aromatic carbocycles. The molecule has 0 fully saturated rings. The van der Waals surface area contributed by atoms with E-state index in [0.717, 1.165) is 9.37 Å². The molecule has 0 aliphatic heterocycles. The Labute approximate surface area is 135 Å². The Bertz CT molecular complexity index is 556. The molecule has 0 aliphatic rings. The second-order valence-electron chi connectivity index (χ2n) is 4.32. The number of aliphatic hydroxyl groups is 1. The molecule has 0 aliphatic carbocycles. The Morgan fingerprint density at radius 3 is 2.55 bits per heavy atom. The first-order valence-corrected chi connectivity index (χ1v) is 8.21. The van der Waals surface area contributed by atoms with Gasteiger partial charge in [0.2, 0.25) is 0 Å². The van der Waals surface area contributed by atoms with Gasteiger partial charge in [-0.25, -0.2) is 4.39 Å². The summed E-state index contributed by atoms with van der Waals surface area (Å²) in [5.74, 6) is 0.122. The Morgan fingerprint density at radius 1 is 1.20 bits per heavy atom. The molecule has 1 unspecified atom stereocenters. The molecule has 0 amide bonds. The number of rotatable bonds is 5. The topological polar surface area (TPSA) is 20.2 Å². The summed E-state index contributed by atoms with van der Waals surface area (Å²) in [5, 5.41) is 10.4. The first-order valence-electron chi connectivity index (χ1n) is 6.05. The molecule has 0 heterocycles. The summed E-state index contributed by atoms with van der Waals surface area (Å²) >= 11 is 10.8. The van der Waals surface area contributed by atoms with Crippen molar-refractivity contribution in [1.82, 2.24) is 0 Å². The monoisotopic (exact) mass is 374 g/mol. The van der Waals surface area contributed by atoms with Crippen LogP contribution in [0.2, 0.25) is 5.02 Å². The molecule has 0 saturated carbocycles. The summed E-state index contributed by atoms with van der Waals surface area (Å²) in [7, 11) is 0. The van der Waals surface area contributed by atoms with Crippen molar-refractivity contribution in [1.29, 1.82) is 0 Å². The van der Waals surface area contributed by atoms with E-state index in [2.05, 4.69) is 15.9 Å². The molecule has 1 atom stereocenters. The first-order chi connectivity index (χ1) is 9.56. The van der Waals surface area contributed by atoms with Gasteiger partial charge >= 0.3 is 0 Å². The number of halogens is 3. The van der Waals surface area contributed by atoms with Crippen molar-refractivity contribution < 1.29 is 9.50 Å². The average molecular weight is 376 g/mol. The highest BCUT2D eigenvalue weighted by atomic mass is 79.9. The highest BCUT2D eigenvalue weighted by molar-refractivity contribution is 9.10. The molecule has 0 aromatic heterocycles. The van der Waals surface area contributed by atoms with Crippen LogP contribution in [0.25, 0.3) is 0 Å². The van der Waals surface area contributed by atoms with Crippen LogP contribution in [0.15, 0.2) is 51.8 Å². The van der Waals surface area contributed by atoms with Crippen LogP contribution in [0, 0.1) is 5.82 Å². The van der Waals surface area contributed by atoms with E-state index >= 15 is 0 Å². The summed E-state index contributed by atoms with van der Waals surface area (Å²) in [6, 6.07) is 12.4. The zero-order valence-electron chi connectivity index (χ0n) is 10.5. The van der Waals surface area contributed by atoms with Crippen molar-refractivity contribution in [3.05, 3.63) is 63.3 Å². The van der Waals surface area contributed by atoms with E-state index in [1.807, 2.05) is 24.3 Å². The van der Waals surface area contributed by atoms with Gasteiger partial charge in [-0.1, -0.05) is 33.6 Å². The van der Waals surface area contributed by atoms with Gasteiger partial charge in [0.15, 0.2) is 0 Å². The Morgan fingerprint density at radius 2 is 1.90 bits per heavy atom. The minimum atomic E-state index is -0.641. The molecule has 1 N–H and O–H groups in total. The van der Waals surface area contributed by atoms with Crippen LogP contribution >= 0.6 is 39.3 Å². The third-order valence-corrected chi connectivity index (χ3v) is 4.80. The molecular weight excluding hydrogens is 363 g/mol. The Hall–Kier alpha value is -0.550. The second kappa shape index (κ2) is 7.46. The molecule has 0 saturated heterocycles. The van der Waals surface area contributed by atoms with Crippen molar-refractivity contribution in [3.63, 3.8) is 0 Å². The summed E-state index contributed by atoms with van der Waals surface area (Å²) in [6.07, 6.45) is -0.423. The maximum atomic E-state index is 13.6. The zero-order valence-corrected chi connectivity index (χ0v) is 13.7. The second-order valence-corrected chi connectivity index (χ2v) is 6.74. The van der Waals surface area contributed by atoms with E-state index in [-0.39, 0.29) is 12.2 Å². The van der Waals surface area contributed by atoms with E-state index in [4.69, 9.17) is 11.6 Å². The molecule has 106 valence electrons. The van der Waals surface area contributed by atoms with E-state index in [0.29, 0.717) is 16.3 Å². The maximum Gasteiger partial charge on any atom is 0.127 e. The fraction of sp³-hybridized carbons (Fsp3) is 0.200. The summed E-state index contributed by atoms with van der Waals surface area (Å²) < 4.78 is 14.6. The molecule has 2 rings (SSSR count). The smallest absolute Gasteiger partial charge is 0.127 e. The van der Waals surface area contributed by atoms with E-state index in [1.54, 1.807) is 12.1 Å². The lowest BCUT2D eigenvalue weighted by Crippen LogP contribution is -2.14. The molecule has 1 nitrogen and oxygen atoms in total. The average Bonchev–Trinajstić information content (AvgIpc) is 2.42. The van der Waals surface area contributed by atoms with Crippen LogP contribution in [0.4, 0.5) is 4.39 Å². The number of thioether (sulfide) groups is 1. The number of aliphatic hydroxyl groups excluding tert-OH is 1. The van der Waals surface area contributed by atoms with Gasteiger partial charge < -0.3 is 5.11 Å². The summed E-state index contributed by atoms with van der Waals surface area (Å²) in [5.41, 5.74) is 0.373. The number of hydrogen-bond acceptors (Lipinski definition) is 2. The van der Waals surface area contributed by atoms with E-state index in [1.165, 1.54) is 17.8 Å². The third kappa shape index (κ3) is 4.48. The van der Waals surface area contributed by atoms with Crippen LogP contribution in [-0.2, 0) is 6.42 Å². The van der Waals surface area contributed by atoms with E-state index < -0.39 is 6.10 Å².